The Bertz CT molecular complexity index is 386. The lowest BCUT2D eigenvalue weighted by Gasteiger charge is -2.14. The molecule has 1 nitrogen and oxygen atoms in total. The number of benzene rings is 1. The van der Waals surface area contributed by atoms with Crippen molar-refractivity contribution in [2.24, 2.45) is 0 Å². The Morgan fingerprint density at radius 3 is 2.72 bits per heavy atom. The standard InChI is InChI=1S/C13H16F3NS/c14-13(15,16)12-6-2-1-4-10(12)8-17-9-11-5-3-7-18-11/h1-2,4,6,11,17H,3,5,7-9H2. The maximum absolute atomic E-state index is 12.7. The fraction of sp³-hybridized carbons (Fsp3) is 0.538. The summed E-state index contributed by atoms with van der Waals surface area (Å²) < 4.78 is 38.2. The highest BCUT2D eigenvalue weighted by Crippen LogP contribution is 2.32. The van der Waals surface area contributed by atoms with Gasteiger partial charge < -0.3 is 5.32 Å². The van der Waals surface area contributed by atoms with E-state index in [-0.39, 0.29) is 6.54 Å². The van der Waals surface area contributed by atoms with Gasteiger partial charge in [0, 0.05) is 18.3 Å². The van der Waals surface area contributed by atoms with Crippen molar-refractivity contribution in [3.8, 4) is 0 Å². The summed E-state index contributed by atoms with van der Waals surface area (Å²) in [5.74, 6) is 1.17. The molecule has 1 saturated heterocycles. The van der Waals surface area contributed by atoms with E-state index >= 15 is 0 Å². The van der Waals surface area contributed by atoms with E-state index in [2.05, 4.69) is 5.32 Å². The van der Waals surface area contributed by atoms with E-state index < -0.39 is 11.7 Å². The molecule has 100 valence electrons. The molecule has 2 rings (SSSR count). The summed E-state index contributed by atoms with van der Waals surface area (Å²) in [5.41, 5.74) is -0.204. The fourth-order valence-corrected chi connectivity index (χ4v) is 3.36. The molecule has 0 radical (unpaired) electrons. The molecule has 18 heavy (non-hydrogen) atoms. The van der Waals surface area contributed by atoms with Crippen molar-refractivity contribution < 1.29 is 13.2 Å². The van der Waals surface area contributed by atoms with Gasteiger partial charge in [-0.1, -0.05) is 18.2 Å². The van der Waals surface area contributed by atoms with Crippen LogP contribution in [-0.4, -0.2) is 17.5 Å². The lowest BCUT2D eigenvalue weighted by atomic mass is 10.1. The van der Waals surface area contributed by atoms with E-state index in [0.29, 0.717) is 10.8 Å². The average Bonchev–Trinajstić information content (AvgIpc) is 2.81. The van der Waals surface area contributed by atoms with Gasteiger partial charge in [0.05, 0.1) is 5.56 Å². The molecule has 1 aromatic carbocycles. The fourth-order valence-electron chi connectivity index (χ4n) is 2.12. The minimum absolute atomic E-state index is 0.284. The van der Waals surface area contributed by atoms with Crippen LogP contribution in [0.2, 0.25) is 0 Å². The number of nitrogens with one attached hydrogen (secondary N) is 1. The molecular formula is C13H16F3NS. The first-order chi connectivity index (χ1) is 8.57. The van der Waals surface area contributed by atoms with Crippen LogP contribution in [0.5, 0.6) is 0 Å². The van der Waals surface area contributed by atoms with Crippen molar-refractivity contribution in [2.45, 2.75) is 30.8 Å². The second kappa shape index (κ2) is 5.97. The van der Waals surface area contributed by atoms with E-state index in [1.165, 1.54) is 30.7 Å². The Kier molecular flexibility index (Phi) is 4.56. The highest BCUT2D eigenvalue weighted by molar-refractivity contribution is 8.00. The van der Waals surface area contributed by atoms with Gasteiger partial charge in [-0.25, -0.2) is 0 Å². The van der Waals surface area contributed by atoms with Crippen molar-refractivity contribution >= 4 is 11.8 Å². The van der Waals surface area contributed by atoms with Gasteiger partial charge in [0.25, 0.3) is 0 Å². The summed E-state index contributed by atoms with van der Waals surface area (Å²) in [7, 11) is 0. The number of halogens is 3. The van der Waals surface area contributed by atoms with Crippen LogP contribution in [0.25, 0.3) is 0 Å². The second-order valence-corrected chi connectivity index (χ2v) is 5.83. The van der Waals surface area contributed by atoms with E-state index in [0.717, 1.165) is 12.6 Å². The topological polar surface area (TPSA) is 12.0 Å². The van der Waals surface area contributed by atoms with Crippen LogP contribution in [0.1, 0.15) is 24.0 Å². The summed E-state index contributed by atoms with van der Waals surface area (Å²) in [6.45, 7) is 1.07. The van der Waals surface area contributed by atoms with Crippen molar-refractivity contribution in [2.75, 3.05) is 12.3 Å². The van der Waals surface area contributed by atoms with E-state index in [1.807, 2.05) is 11.8 Å². The molecular weight excluding hydrogens is 259 g/mol. The van der Waals surface area contributed by atoms with Gasteiger partial charge in [-0.15, -0.1) is 0 Å². The molecule has 1 unspecified atom stereocenters. The molecule has 0 saturated carbocycles. The predicted molar refractivity (Wildman–Crippen MR) is 68.6 cm³/mol. The van der Waals surface area contributed by atoms with Crippen LogP contribution in [-0.2, 0) is 12.7 Å². The Morgan fingerprint density at radius 1 is 1.28 bits per heavy atom. The highest BCUT2D eigenvalue weighted by atomic mass is 32.2. The highest BCUT2D eigenvalue weighted by Gasteiger charge is 2.32. The first-order valence-electron chi connectivity index (χ1n) is 6.05. The van der Waals surface area contributed by atoms with Gasteiger partial charge in [-0.3, -0.25) is 0 Å². The SMILES string of the molecule is FC(F)(F)c1ccccc1CNCC1CCCS1. The first-order valence-corrected chi connectivity index (χ1v) is 7.09. The maximum atomic E-state index is 12.7. The van der Waals surface area contributed by atoms with E-state index in [4.69, 9.17) is 0 Å². The van der Waals surface area contributed by atoms with E-state index in [1.54, 1.807) is 6.07 Å². The molecule has 5 heteroatoms. The number of thioether (sulfide) groups is 1. The second-order valence-electron chi connectivity index (χ2n) is 4.42. The Balaban J connectivity index is 1.92. The number of alkyl halides is 3. The Labute approximate surface area is 109 Å². The summed E-state index contributed by atoms with van der Waals surface area (Å²) in [6.07, 6.45) is -1.88. The van der Waals surface area contributed by atoms with Crippen LogP contribution in [0.15, 0.2) is 24.3 Å². The zero-order valence-electron chi connectivity index (χ0n) is 9.96. The summed E-state index contributed by atoms with van der Waals surface area (Å²) in [6, 6.07) is 5.76. The van der Waals surface area contributed by atoms with Gasteiger partial charge >= 0.3 is 6.18 Å². The zero-order valence-corrected chi connectivity index (χ0v) is 10.8. The summed E-state index contributed by atoms with van der Waals surface area (Å²) >= 11 is 1.90. The Hall–Kier alpha value is -0.680. The third-order valence-electron chi connectivity index (χ3n) is 3.03. The molecule has 1 N–H and O–H groups in total. The van der Waals surface area contributed by atoms with Crippen molar-refractivity contribution in [3.63, 3.8) is 0 Å². The lowest BCUT2D eigenvalue weighted by Crippen LogP contribution is -2.24. The number of rotatable bonds is 4. The summed E-state index contributed by atoms with van der Waals surface area (Å²) in [4.78, 5) is 0. The van der Waals surface area contributed by atoms with E-state index in [9.17, 15) is 13.2 Å². The predicted octanol–water partition coefficient (Wildman–Crippen LogP) is 3.69. The molecule has 0 amide bonds. The average molecular weight is 275 g/mol. The number of hydrogen-bond acceptors (Lipinski definition) is 2. The van der Waals surface area contributed by atoms with Crippen LogP contribution >= 0.6 is 11.8 Å². The van der Waals surface area contributed by atoms with Crippen molar-refractivity contribution in [1.29, 1.82) is 0 Å². The largest absolute Gasteiger partial charge is 0.416 e. The third-order valence-corrected chi connectivity index (χ3v) is 4.43. The number of hydrogen-bond donors (Lipinski definition) is 1. The van der Waals surface area contributed by atoms with Crippen molar-refractivity contribution in [3.05, 3.63) is 35.4 Å². The molecule has 0 spiro atoms. The molecule has 1 aliphatic rings. The minimum atomic E-state index is -4.26. The lowest BCUT2D eigenvalue weighted by molar-refractivity contribution is -0.138. The molecule has 1 heterocycles. The quantitative estimate of drug-likeness (QED) is 0.899. The summed E-state index contributed by atoms with van der Waals surface area (Å²) in [5, 5.41) is 3.69. The van der Waals surface area contributed by atoms with Gasteiger partial charge in [-0.2, -0.15) is 24.9 Å². The Morgan fingerprint density at radius 2 is 2.06 bits per heavy atom. The molecule has 0 aliphatic carbocycles. The van der Waals surface area contributed by atoms with Crippen LogP contribution in [0.3, 0.4) is 0 Å². The van der Waals surface area contributed by atoms with Gasteiger partial charge in [0.1, 0.15) is 0 Å². The zero-order chi connectivity index (χ0) is 13.0. The molecule has 1 aromatic rings. The van der Waals surface area contributed by atoms with Crippen LogP contribution in [0, 0.1) is 0 Å². The monoisotopic (exact) mass is 275 g/mol. The van der Waals surface area contributed by atoms with Gasteiger partial charge in [0.15, 0.2) is 0 Å². The van der Waals surface area contributed by atoms with Gasteiger partial charge in [0.2, 0.25) is 0 Å². The molecule has 0 bridgehead atoms. The molecule has 1 fully saturated rings. The first kappa shape index (κ1) is 13.7. The van der Waals surface area contributed by atoms with Crippen LogP contribution in [0.4, 0.5) is 13.2 Å². The molecule has 0 aromatic heterocycles. The maximum Gasteiger partial charge on any atom is 0.416 e. The molecule has 1 aliphatic heterocycles. The van der Waals surface area contributed by atoms with Crippen molar-refractivity contribution in [1.82, 2.24) is 5.32 Å². The normalized spacial score (nSPS) is 20.3. The van der Waals surface area contributed by atoms with Gasteiger partial charge in [-0.05, 0) is 30.2 Å². The smallest absolute Gasteiger partial charge is 0.312 e. The minimum Gasteiger partial charge on any atom is -0.312 e. The third kappa shape index (κ3) is 3.65. The molecule has 1 atom stereocenters. The van der Waals surface area contributed by atoms with Crippen LogP contribution < -0.4 is 5.32 Å².